The van der Waals surface area contributed by atoms with Gasteiger partial charge in [0.1, 0.15) is 0 Å². The molecule has 16 heavy (non-hydrogen) atoms. The van der Waals surface area contributed by atoms with Crippen molar-refractivity contribution in [1.29, 1.82) is 0 Å². The Balaban J connectivity index is 2.70. The molecule has 0 aromatic carbocycles. The molecule has 90 valence electrons. The third kappa shape index (κ3) is 3.34. The van der Waals surface area contributed by atoms with Gasteiger partial charge < -0.3 is 15.0 Å². The van der Waals surface area contributed by atoms with Gasteiger partial charge in [0.15, 0.2) is 5.82 Å². The molecule has 0 aliphatic carbocycles. The summed E-state index contributed by atoms with van der Waals surface area (Å²) >= 11 is 0. The number of nitrogens with zero attached hydrogens (tertiary/aromatic N) is 2. The van der Waals surface area contributed by atoms with Crippen LogP contribution in [-0.2, 0) is 6.54 Å². The predicted molar refractivity (Wildman–Crippen MR) is 63.6 cm³/mol. The summed E-state index contributed by atoms with van der Waals surface area (Å²) in [4.78, 5) is 15.8. The highest BCUT2D eigenvalue weighted by atomic mass is 16.2. The topological polar surface area (TPSA) is 67.2 Å². The largest absolute Gasteiger partial charge is 0.396 e. The van der Waals surface area contributed by atoms with Crippen LogP contribution in [0.15, 0.2) is 17.2 Å². The van der Waals surface area contributed by atoms with Crippen molar-refractivity contribution in [2.24, 2.45) is 0 Å². The Morgan fingerprint density at radius 3 is 3.00 bits per heavy atom. The molecule has 0 saturated heterocycles. The molecule has 1 aromatic heterocycles. The highest BCUT2D eigenvalue weighted by Crippen LogP contribution is 2.02. The van der Waals surface area contributed by atoms with Crippen LogP contribution in [-0.4, -0.2) is 27.3 Å². The summed E-state index contributed by atoms with van der Waals surface area (Å²) in [6.07, 6.45) is 4.83. The van der Waals surface area contributed by atoms with E-state index in [0.29, 0.717) is 12.4 Å². The molecule has 5 heteroatoms. The molecule has 1 heterocycles. The lowest BCUT2D eigenvalue weighted by atomic mass is 10.2. The fourth-order valence-electron chi connectivity index (χ4n) is 1.50. The minimum Gasteiger partial charge on any atom is -0.396 e. The van der Waals surface area contributed by atoms with E-state index >= 15 is 0 Å². The lowest BCUT2D eigenvalue weighted by Gasteiger charge is -2.13. The Morgan fingerprint density at radius 2 is 2.38 bits per heavy atom. The minimum atomic E-state index is -0.0964. The fourth-order valence-corrected chi connectivity index (χ4v) is 1.50. The first kappa shape index (κ1) is 12.7. The average Bonchev–Trinajstić information content (AvgIpc) is 2.29. The van der Waals surface area contributed by atoms with Crippen LogP contribution in [0.4, 0.5) is 5.82 Å². The number of aliphatic hydroxyl groups is 1. The maximum Gasteiger partial charge on any atom is 0.293 e. The molecule has 1 aromatic rings. The molecule has 0 amide bonds. The van der Waals surface area contributed by atoms with Crippen molar-refractivity contribution in [2.75, 3.05) is 11.9 Å². The summed E-state index contributed by atoms with van der Waals surface area (Å²) in [5.41, 5.74) is -0.0964. The molecule has 1 unspecified atom stereocenters. The van der Waals surface area contributed by atoms with E-state index in [1.54, 1.807) is 17.0 Å². The van der Waals surface area contributed by atoms with E-state index in [0.717, 1.165) is 12.8 Å². The quantitative estimate of drug-likeness (QED) is 0.752. The first-order chi connectivity index (χ1) is 7.69. The molecule has 2 N–H and O–H groups in total. The van der Waals surface area contributed by atoms with Crippen molar-refractivity contribution in [2.45, 2.75) is 39.3 Å². The molecule has 5 nitrogen and oxygen atoms in total. The van der Waals surface area contributed by atoms with Gasteiger partial charge in [-0.05, 0) is 26.7 Å². The fraction of sp³-hybridized carbons (Fsp3) is 0.636. The van der Waals surface area contributed by atoms with Crippen LogP contribution in [0.3, 0.4) is 0 Å². The summed E-state index contributed by atoms with van der Waals surface area (Å²) < 4.78 is 1.61. The molecule has 0 spiro atoms. The van der Waals surface area contributed by atoms with Gasteiger partial charge >= 0.3 is 0 Å². The Labute approximate surface area is 95.1 Å². The Kier molecular flexibility index (Phi) is 4.98. The number of hydrogen-bond donors (Lipinski definition) is 2. The van der Waals surface area contributed by atoms with Crippen molar-refractivity contribution in [3.8, 4) is 0 Å². The number of aromatic nitrogens is 2. The van der Waals surface area contributed by atoms with E-state index in [4.69, 9.17) is 5.11 Å². The minimum absolute atomic E-state index is 0.0964. The third-order valence-electron chi connectivity index (χ3n) is 2.43. The highest BCUT2D eigenvalue weighted by molar-refractivity contribution is 5.31. The molecule has 0 aliphatic rings. The summed E-state index contributed by atoms with van der Waals surface area (Å²) in [5, 5.41) is 11.8. The van der Waals surface area contributed by atoms with Crippen molar-refractivity contribution in [1.82, 2.24) is 9.55 Å². The number of nitrogens with one attached hydrogen (secondary N) is 1. The van der Waals surface area contributed by atoms with Gasteiger partial charge in [-0.15, -0.1) is 0 Å². The molecule has 1 atom stereocenters. The molecule has 1 rings (SSSR count). The van der Waals surface area contributed by atoms with Crippen molar-refractivity contribution >= 4 is 5.82 Å². The van der Waals surface area contributed by atoms with E-state index < -0.39 is 0 Å². The molecule has 0 radical (unpaired) electrons. The molecule has 0 saturated carbocycles. The van der Waals surface area contributed by atoms with Crippen LogP contribution >= 0.6 is 0 Å². The van der Waals surface area contributed by atoms with E-state index in [2.05, 4.69) is 10.3 Å². The van der Waals surface area contributed by atoms with E-state index in [1.807, 2.05) is 13.8 Å². The van der Waals surface area contributed by atoms with Crippen LogP contribution in [0.1, 0.15) is 26.7 Å². The smallest absolute Gasteiger partial charge is 0.293 e. The number of hydrogen-bond acceptors (Lipinski definition) is 4. The highest BCUT2D eigenvalue weighted by Gasteiger charge is 2.07. The number of aryl methyl sites for hydroxylation is 1. The summed E-state index contributed by atoms with van der Waals surface area (Å²) in [5.74, 6) is 0.384. The standard InChI is InChI=1S/C11H19N3O2/c1-3-14-7-6-12-10(11(14)16)13-9(2)5-4-8-15/h6-7,9,15H,3-5,8H2,1-2H3,(H,12,13). The third-order valence-corrected chi connectivity index (χ3v) is 2.43. The number of rotatable bonds is 6. The van der Waals surface area contributed by atoms with Gasteiger partial charge in [-0.1, -0.05) is 0 Å². The van der Waals surface area contributed by atoms with Gasteiger partial charge in [-0.2, -0.15) is 0 Å². The number of anilines is 1. The monoisotopic (exact) mass is 225 g/mol. The van der Waals surface area contributed by atoms with Crippen LogP contribution in [0.5, 0.6) is 0 Å². The Bertz CT molecular complexity index is 376. The first-order valence-corrected chi connectivity index (χ1v) is 5.61. The van der Waals surface area contributed by atoms with Crippen molar-refractivity contribution in [3.63, 3.8) is 0 Å². The maximum atomic E-state index is 11.8. The van der Waals surface area contributed by atoms with E-state index in [9.17, 15) is 4.79 Å². The van der Waals surface area contributed by atoms with E-state index in [1.165, 1.54) is 0 Å². The summed E-state index contributed by atoms with van der Waals surface area (Å²) in [6.45, 7) is 4.70. The van der Waals surface area contributed by atoms with Gasteiger partial charge in [0.25, 0.3) is 5.56 Å². The maximum absolute atomic E-state index is 11.8. The Hall–Kier alpha value is -1.36. The molecule has 0 fully saturated rings. The lowest BCUT2D eigenvalue weighted by molar-refractivity contribution is 0.282. The van der Waals surface area contributed by atoms with Gasteiger partial charge in [0.05, 0.1) is 0 Å². The second-order valence-corrected chi connectivity index (χ2v) is 3.78. The normalized spacial score (nSPS) is 12.4. The zero-order chi connectivity index (χ0) is 12.0. The van der Waals surface area contributed by atoms with Crippen LogP contribution < -0.4 is 10.9 Å². The summed E-state index contributed by atoms with van der Waals surface area (Å²) in [6, 6.07) is 0.139. The molecule has 0 aliphatic heterocycles. The molecular weight excluding hydrogens is 206 g/mol. The van der Waals surface area contributed by atoms with Crippen LogP contribution in [0.25, 0.3) is 0 Å². The van der Waals surface area contributed by atoms with Gasteiger partial charge in [0.2, 0.25) is 0 Å². The summed E-state index contributed by atoms with van der Waals surface area (Å²) in [7, 11) is 0. The van der Waals surface area contributed by atoms with Crippen molar-refractivity contribution < 1.29 is 5.11 Å². The Morgan fingerprint density at radius 1 is 1.62 bits per heavy atom. The van der Waals surface area contributed by atoms with Crippen LogP contribution in [0, 0.1) is 0 Å². The molecular formula is C11H19N3O2. The lowest BCUT2D eigenvalue weighted by Crippen LogP contribution is -2.27. The van der Waals surface area contributed by atoms with Gasteiger partial charge in [0, 0.05) is 31.6 Å². The second-order valence-electron chi connectivity index (χ2n) is 3.78. The zero-order valence-corrected chi connectivity index (χ0v) is 9.81. The van der Waals surface area contributed by atoms with E-state index in [-0.39, 0.29) is 18.2 Å². The first-order valence-electron chi connectivity index (χ1n) is 5.61. The van der Waals surface area contributed by atoms with Gasteiger partial charge in [-0.25, -0.2) is 4.98 Å². The van der Waals surface area contributed by atoms with Crippen molar-refractivity contribution in [3.05, 3.63) is 22.7 Å². The second kappa shape index (κ2) is 6.27. The molecule has 0 bridgehead atoms. The zero-order valence-electron chi connectivity index (χ0n) is 9.81. The number of aliphatic hydroxyl groups excluding tert-OH is 1. The van der Waals surface area contributed by atoms with Crippen LogP contribution in [0.2, 0.25) is 0 Å². The average molecular weight is 225 g/mol. The van der Waals surface area contributed by atoms with Gasteiger partial charge in [-0.3, -0.25) is 4.79 Å². The SMILES string of the molecule is CCn1ccnc(NC(C)CCCO)c1=O. The predicted octanol–water partition coefficient (Wildman–Crippen LogP) is 0.836.